The summed E-state index contributed by atoms with van der Waals surface area (Å²) in [4.78, 5) is 0. The Kier molecular flexibility index (Phi) is 7.93. The third-order valence-electron chi connectivity index (χ3n) is 7.69. The lowest BCUT2D eigenvalue weighted by Gasteiger charge is -2.29. The van der Waals surface area contributed by atoms with Gasteiger partial charge in [-0.05, 0) is 72.4 Å². The molecule has 0 aliphatic heterocycles. The van der Waals surface area contributed by atoms with Crippen molar-refractivity contribution < 1.29 is 17.6 Å². The Balaban J connectivity index is 1.36. The van der Waals surface area contributed by atoms with Crippen molar-refractivity contribution in [2.45, 2.75) is 84.0 Å². The number of halogens is 4. The van der Waals surface area contributed by atoms with Crippen molar-refractivity contribution >= 4 is 0 Å². The summed E-state index contributed by atoms with van der Waals surface area (Å²) >= 11 is 0. The van der Waals surface area contributed by atoms with Crippen LogP contribution >= 0.6 is 0 Å². The molecule has 1 saturated carbocycles. The van der Waals surface area contributed by atoms with Gasteiger partial charge in [-0.15, -0.1) is 0 Å². The summed E-state index contributed by atoms with van der Waals surface area (Å²) in [6.07, 6.45) is 15.9. The van der Waals surface area contributed by atoms with Crippen molar-refractivity contribution in [1.29, 1.82) is 0 Å². The molecule has 4 heteroatoms. The molecule has 0 bridgehead atoms. The van der Waals surface area contributed by atoms with E-state index in [-0.39, 0.29) is 11.1 Å². The summed E-state index contributed by atoms with van der Waals surface area (Å²) in [7, 11) is 0. The van der Waals surface area contributed by atoms with Crippen molar-refractivity contribution in [3.8, 4) is 11.1 Å². The van der Waals surface area contributed by atoms with Gasteiger partial charge in [0.2, 0.25) is 0 Å². The topological polar surface area (TPSA) is 0 Å². The summed E-state index contributed by atoms with van der Waals surface area (Å²) < 4.78 is 56.9. The molecule has 2 aromatic rings. The number of rotatable bonds is 8. The molecule has 33 heavy (non-hydrogen) atoms. The van der Waals surface area contributed by atoms with Crippen LogP contribution in [0.5, 0.6) is 0 Å². The molecule has 0 aromatic heterocycles. The molecule has 1 fully saturated rings. The van der Waals surface area contributed by atoms with Gasteiger partial charge in [0, 0.05) is 0 Å². The Morgan fingerprint density at radius 1 is 0.818 bits per heavy atom. The number of allylic oxidation sites excluding steroid dienone is 2. The third kappa shape index (κ3) is 5.70. The third-order valence-corrected chi connectivity index (χ3v) is 7.69. The van der Waals surface area contributed by atoms with Crippen LogP contribution in [0, 0.1) is 35.1 Å². The van der Waals surface area contributed by atoms with Crippen molar-refractivity contribution in [2.24, 2.45) is 11.8 Å². The van der Waals surface area contributed by atoms with Crippen LogP contribution < -0.4 is 0 Å². The van der Waals surface area contributed by atoms with E-state index in [0.717, 1.165) is 36.8 Å². The Labute approximate surface area is 195 Å². The van der Waals surface area contributed by atoms with Crippen molar-refractivity contribution in [3.63, 3.8) is 0 Å². The van der Waals surface area contributed by atoms with Gasteiger partial charge in [-0.1, -0.05) is 76.0 Å². The second-order valence-corrected chi connectivity index (χ2v) is 9.98. The van der Waals surface area contributed by atoms with E-state index in [9.17, 15) is 13.2 Å². The first-order valence-corrected chi connectivity index (χ1v) is 12.6. The Morgan fingerprint density at radius 2 is 1.55 bits per heavy atom. The number of unbranched alkanes of at least 4 members (excludes halogenated alkanes) is 2. The van der Waals surface area contributed by atoms with Crippen molar-refractivity contribution in [1.82, 2.24) is 0 Å². The first-order chi connectivity index (χ1) is 16.0. The Hall–Kier alpha value is -2.10. The molecule has 4 rings (SSSR count). The van der Waals surface area contributed by atoms with Crippen molar-refractivity contribution in [2.75, 3.05) is 0 Å². The summed E-state index contributed by atoms with van der Waals surface area (Å²) in [5.41, 5.74) is 2.14. The molecule has 0 atom stereocenters. The molecule has 0 heterocycles. The van der Waals surface area contributed by atoms with Crippen LogP contribution in [-0.4, -0.2) is 0 Å². The molecule has 2 aliphatic rings. The molecule has 0 N–H and O–H groups in total. The molecule has 2 aromatic carbocycles. The van der Waals surface area contributed by atoms with Gasteiger partial charge in [-0.2, -0.15) is 0 Å². The van der Waals surface area contributed by atoms with E-state index < -0.39 is 23.3 Å². The zero-order valence-corrected chi connectivity index (χ0v) is 19.5. The van der Waals surface area contributed by atoms with E-state index in [2.05, 4.69) is 13.0 Å². The smallest absolute Gasteiger partial charge is 0.159 e. The van der Waals surface area contributed by atoms with E-state index in [0.29, 0.717) is 24.0 Å². The summed E-state index contributed by atoms with van der Waals surface area (Å²) in [6, 6.07) is 4.35. The maximum absolute atomic E-state index is 15.2. The van der Waals surface area contributed by atoms with Gasteiger partial charge in [-0.3, -0.25) is 0 Å². The minimum absolute atomic E-state index is 0.0202. The quantitative estimate of drug-likeness (QED) is 0.210. The van der Waals surface area contributed by atoms with Crippen LogP contribution in [0.4, 0.5) is 17.6 Å². The minimum atomic E-state index is -1.11. The number of fused-ring (bicyclic) bond motifs is 1. The SMILES string of the molecule is CCCCCC1CCC(CCC2=CCc3c(cc(F)c(-c4ccc(F)c(F)c4)c3F)C2)CC1. The number of hydrogen-bond acceptors (Lipinski definition) is 0. The maximum Gasteiger partial charge on any atom is 0.159 e. The molecule has 0 radical (unpaired) electrons. The average Bonchev–Trinajstić information content (AvgIpc) is 2.81. The van der Waals surface area contributed by atoms with Crippen LogP contribution in [0.25, 0.3) is 11.1 Å². The van der Waals surface area contributed by atoms with E-state index in [4.69, 9.17) is 0 Å². The molecule has 0 saturated heterocycles. The highest BCUT2D eigenvalue weighted by Crippen LogP contribution is 2.38. The number of hydrogen-bond donors (Lipinski definition) is 0. The predicted octanol–water partition coefficient (Wildman–Crippen LogP) is 9.10. The molecule has 0 nitrogen and oxygen atoms in total. The molecular formula is C29H34F4. The monoisotopic (exact) mass is 458 g/mol. The fraction of sp³-hybridized carbons (Fsp3) is 0.517. The van der Waals surface area contributed by atoms with Gasteiger partial charge in [-0.25, -0.2) is 17.6 Å². The van der Waals surface area contributed by atoms with E-state index in [1.54, 1.807) is 0 Å². The van der Waals surface area contributed by atoms with Gasteiger partial charge in [0.05, 0.1) is 5.56 Å². The number of benzene rings is 2. The highest BCUT2D eigenvalue weighted by atomic mass is 19.2. The molecule has 2 aliphatic carbocycles. The fourth-order valence-corrected chi connectivity index (χ4v) is 5.64. The minimum Gasteiger partial charge on any atom is -0.206 e. The van der Waals surface area contributed by atoms with Crippen LogP contribution in [0.2, 0.25) is 0 Å². The van der Waals surface area contributed by atoms with Crippen LogP contribution in [0.15, 0.2) is 35.9 Å². The zero-order valence-electron chi connectivity index (χ0n) is 19.5. The molecule has 178 valence electrons. The lowest BCUT2D eigenvalue weighted by molar-refractivity contribution is 0.249. The predicted molar refractivity (Wildman–Crippen MR) is 126 cm³/mol. The molecule has 0 amide bonds. The standard InChI is InChI=1S/C29H34F4/c1-2-3-4-5-19-6-8-20(9-7-19)10-11-21-12-14-24-23(16-21)18-27(32)28(29(24)33)22-13-15-25(30)26(31)17-22/h12-13,15,17-20H,2-11,14,16H2,1H3. The van der Waals surface area contributed by atoms with Crippen molar-refractivity contribution in [3.05, 3.63) is 70.3 Å². The lowest BCUT2D eigenvalue weighted by Crippen LogP contribution is -2.15. The van der Waals surface area contributed by atoms with E-state index in [1.807, 2.05) is 0 Å². The highest BCUT2D eigenvalue weighted by molar-refractivity contribution is 5.67. The average molecular weight is 459 g/mol. The highest BCUT2D eigenvalue weighted by Gasteiger charge is 2.24. The zero-order chi connectivity index (χ0) is 23.4. The van der Waals surface area contributed by atoms with Gasteiger partial charge < -0.3 is 0 Å². The maximum atomic E-state index is 15.2. The molecule has 0 unspecified atom stereocenters. The largest absolute Gasteiger partial charge is 0.206 e. The van der Waals surface area contributed by atoms with Gasteiger partial charge in [0.15, 0.2) is 11.6 Å². The summed E-state index contributed by atoms with van der Waals surface area (Å²) in [5, 5.41) is 0. The summed E-state index contributed by atoms with van der Waals surface area (Å²) in [5.74, 6) is -1.86. The van der Waals surface area contributed by atoms with E-state index in [1.165, 1.54) is 69.1 Å². The second kappa shape index (κ2) is 10.9. The van der Waals surface area contributed by atoms with Crippen LogP contribution in [0.1, 0.15) is 82.3 Å². The lowest BCUT2D eigenvalue weighted by atomic mass is 9.77. The molecule has 0 spiro atoms. The Bertz CT molecular complexity index is 999. The second-order valence-electron chi connectivity index (χ2n) is 9.98. The fourth-order valence-electron chi connectivity index (χ4n) is 5.64. The van der Waals surface area contributed by atoms with Crippen LogP contribution in [0.3, 0.4) is 0 Å². The van der Waals surface area contributed by atoms with Gasteiger partial charge >= 0.3 is 0 Å². The first kappa shape index (κ1) is 24.0. The Morgan fingerprint density at radius 3 is 2.24 bits per heavy atom. The normalized spacial score (nSPS) is 20.5. The van der Waals surface area contributed by atoms with E-state index >= 15 is 4.39 Å². The molecular weight excluding hydrogens is 424 g/mol. The van der Waals surface area contributed by atoms with Gasteiger partial charge in [0.25, 0.3) is 0 Å². The summed E-state index contributed by atoms with van der Waals surface area (Å²) in [6.45, 7) is 2.25. The van der Waals surface area contributed by atoms with Gasteiger partial charge in [0.1, 0.15) is 11.6 Å². The first-order valence-electron chi connectivity index (χ1n) is 12.6. The van der Waals surface area contributed by atoms with Crippen LogP contribution in [-0.2, 0) is 12.8 Å².